The maximum atomic E-state index is 12.0. The summed E-state index contributed by atoms with van der Waals surface area (Å²) in [5, 5.41) is 3.52. The molecule has 118 valence electrons. The van der Waals surface area contributed by atoms with Crippen LogP contribution in [0, 0.1) is 6.92 Å². The van der Waals surface area contributed by atoms with Crippen LogP contribution in [0.2, 0.25) is 0 Å². The van der Waals surface area contributed by atoms with E-state index in [-0.39, 0.29) is 11.7 Å². The fourth-order valence-corrected chi connectivity index (χ4v) is 3.17. The van der Waals surface area contributed by atoms with Gasteiger partial charge in [0.1, 0.15) is 0 Å². The molecular weight excluding hydrogens is 444 g/mol. The van der Waals surface area contributed by atoms with Crippen molar-refractivity contribution in [2.45, 2.75) is 12.1 Å². The summed E-state index contributed by atoms with van der Waals surface area (Å²) in [4.78, 5) is 23.9. The lowest BCUT2D eigenvalue weighted by Gasteiger charge is -2.04. The molecule has 3 aromatic rings. The molecule has 23 heavy (non-hydrogen) atoms. The van der Waals surface area contributed by atoms with Crippen LogP contribution in [0.1, 0.15) is 5.69 Å². The lowest BCUT2D eigenvalue weighted by molar-refractivity contribution is -0.113. The SMILES string of the molecule is Cc1nc2nc(SCC(=O)Nc3ccc(Br)cc3)[nH]c2cc1Br. The summed E-state index contributed by atoms with van der Waals surface area (Å²) in [5.41, 5.74) is 3.15. The molecular formula is C15H12Br2N4OS. The number of aromatic nitrogens is 3. The Morgan fingerprint density at radius 3 is 2.74 bits per heavy atom. The second-order valence-corrected chi connectivity index (χ2v) is 7.55. The highest BCUT2D eigenvalue weighted by Crippen LogP contribution is 2.23. The van der Waals surface area contributed by atoms with Gasteiger partial charge in [-0.15, -0.1) is 0 Å². The number of amides is 1. The predicted octanol–water partition coefficient (Wildman–Crippen LogP) is 4.52. The van der Waals surface area contributed by atoms with Gasteiger partial charge < -0.3 is 10.3 Å². The molecule has 0 saturated heterocycles. The molecule has 0 aliphatic rings. The van der Waals surface area contributed by atoms with Crippen molar-refractivity contribution in [3.8, 4) is 0 Å². The summed E-state index contributed by atoms with van der Waals surface area (Å²) in [6, 6.07) is 9.40. The first-order valence-corrected chi connectivity index (χ1v) is 9.29. The third kappa shape index (κ3) is 4.13. The van der Waals surface area contributed by atoms with Crippen LogP contribution < -0.4 is 5.32 Å². The number of carbonyl (C=O) groups is 1. The summed E-state index contributed by atoms with van der Waals surface area (Å²) in [6.07, 6.45) is 0. The molecule has 1 amide bonds. The first-order valence-electron chi connectivity index (χ1n) is 6.72. The number of pyridine rings is 1. The number of hydrogen-bond donors (Lipinski definition) is 2. The van der Waals surface area contributed by atoms with Gasteiger partial charge in [-0.1, -0.05) is 27.7 Å². The summed E-state index contributed by atoms with van der Waals surface area (Å²) in [7, 11) is 0. The molecule has 2 heterocycles. The average Bonchev–Trinajstić information content (AvgIpc) is 2.90. The molecule has 2 aromatic heterocycles. The fourth-order valence-electron chi connectivity index (χ4n) is 1.92. The number of rotatable bonds is 4. The highest BCUT2D eigenvalue weighted by Gasteiger charge is 2.10. The largest absolute Gasteiger partial charge is 0.331 e. The number of anilines is 1. The number of nitrogens with zero attached hydrogens (tertiary/aromatic N) is 2. The molecule has 5 nitrogen and oxygen atoms in total. The summed E-state index contributed by atoms with van der Waals surface area (Å²) in [6.45, 7) is 1.91. The Morgan fingerprint density at radius 2 is 2.00 bits per heavy atom. The summed E-state index contributed by atoms with van der Waals surface area (Å²) >= 11 is 8.15. The number of halogens is 2. The number of fused-ring (bicyclic) bond motifs is 1. The van der Waals surface area contributed by atoms with Crippen LogP contribution in [-0.4, -0.2) is 26.6 Å². The van der Waals surface area contributed by atoms with E-state index >= 15 is 0 Å². The smallest absolute Gasteiger partial charge is 0.234 e. The average molecular weight is 456 g/mol. The van der Waals surface area contributed by atoms with Crippen LogP contribution in [0.25, 0.3) is 11.2 Å². The van der Waals surface area contributed by atoms with Crippen LogP contribution >= 0.6 is 43.6 Å². The van der Waals surface area contributed by atoms with Crippen LogP contribution in [0.4, 0.5) is 5.69 Å². The molecule has 0 atom stereocenters. The molecule has 0 radical (unpaired) electrons. The number of H-pyrrole nitrogens is 1. The van der Waals surface area contributed by atoms with Gasteiger partial charge in [-0.25, -0.2) is 9.97 Å². The van der Waals surface area contributed by atoms with Gasteiger partial charge in [0, 0.05) is 14.6 Å². The highest BCUT2D eigenvalue weighted by atomic mass is 79.9. The van der Waals surface area contributed by atoms with Crippen LogP contribution in [0.3, 0.4) is 0 Å². The first kappa shape index (κ1) is 16.5. The van der Waals surface area contributed by atoms with E-state index in [9.17, 15) is 4.79 Å². The number of nitrogens with one attached hydrogen (secondary N) is 2. The summed E-state index contributed by atoms with van der Waals surface area (Å²) < 4.78 is 1.90. The first-order chi connectivity index (χ1) is 11.0. The molecule has 0 fully saturated rings. The zero-order valence-corrected chi connectivity index (χ0v) is 16.0. The standard InChI is InChI=1S/C15H12Br2N4OS/c1-8-11(17)6-12-14(18-8)21-15(20-12)23-7-13(22)19-10-4-2-9(16)3-5-10/h2-6H,7H2,1H3,(H,19,22)(H,18,20,21). The zero-order valence-electron chi connectivity index (χ0n) is 12.1. The Kier molecular flexibility index (Phi) is 5.03. The van der Waals surface area contributed by atoms with Gasteiger partial charge in [-0.05, 0) is 53.2 Å². The number of carbonyl (C=O) groups excluding carboxylic acids is 1. The van der Waals surface area contributed by atoms with E-state index in [4.69, 9.17) is 0 Å². The van der Waals surface area contributed by atoms with Gasteiger partial charge in [-0.2, -0.15) is 0 Å². The monoisotopic (exact) mass is 454 g/mol. The van der Waals surface area contributed by atoms with Crippen LogP contribution in [0.15, 0.2) is 44.4 Å². The topological polar surface area (TPSA) is 70.7 Å². The maximum absolute atomic E-state index is 12.0. The van der Waals surface area contributed by atoms with E-state index in [2.05, 4.69) is 52.1 Å². The van der Waals surface area contributed by atoms with Crippen LogP contribution in [-0.2, 0) is 4.79 Å². The molecule has 3 rings (SSSR count). The Morgan fingerprint density at radius 1 is 1.26 bits per heavy atom. The quantitative estimate of drug-likeness (QED) is 0.567. The van der Waals surface area contributed by atoms with Gasteiger partial charge in [-0.3, -0.25) is 4.79 Å². The lowest BCUT2D eigenvalue weighted by Crippen LogP contribution is -2.13. The molecule has 8 heteroatoms. The van der Waals surface area contributed by atoms with Gasteiger partial charge in [0.2, 0.25) is 5.91 Å². The Bertz CT molecular complexity index is 825. The predicted molar refractivity (Wildman–Crippen MR) is 99.8 cm³/mol. The Balaban J connectivity index is 1.63. The van der Waals surface area contributed by atoms with Crippen molar-refractivity contribution < 1.29 is 4.79 Å². The minimum absolute atomic E-state index is 0.0805. The minimum Gasteiger partial charge on any atom is -0.331 e. The number of hydrogen-bond acceptors (Lipinski definition) is 4. The van der Waals surface area contributed by atoms with Gasteiger partial charge in [0.15, 0.2) is 10.8 Å². The van der Waals surface area contributed by atoms with Crippen LogP contribution in [0.5, 0.6) is 0 Å². The third-order valence-electron chi connectivity index (χ3n) is 3.05. The molecule has 0 saturated carbocycles. The molecule has 0 spiro atoms. The van der Waals surface area contributed by atoms with Crippen molar-refractivity contribution in [2.24, 2.45) is 0 Å². The molecule has 0 bridgehead atoms. The number of thioether (sulfide) groups is 1. The third-order valence-corrected chi connectivity index (χ3v) is 5.25. The minimum atomic E-state index is -0.0805. The Labute approximate surface area is 153 Å². The van der Waals surface area contributed by atoms with Gasteiger partial charge in [0.25, 0.3) is 0 Å². The van der Waals surface area contributed by atoms with E-state index < -0.39 is 0 Å². The fraction of sp³-hybridized carbons (Fsp3) is 0.133. The molecule has 0 aliphatic heterocycles. The van der Waals surface area contributed by atoms with Crippen molar-refractivity contribution in [2.75, 3.05) is 11.1 Å². The van der Waals surface area contributed by atoms with E-state index in [0.717, 1.165) is 25.8 Å². The number of benzene rings is 1. The maximum Gasteiger partial charge on any atom is 0.234 e. The van der Waals surface area contributed by atoms with E-state index in [1.54, 1.807) is 0 Å². The van der Waals surface area contributed by atoms with Crippen molar-refractivity contribution >= 4 is 66.4 Å². The van der Waals surface area contributed by atoms with Gasteiger partial charge in [0.05, 0.1) is 17.0 Å². The Hall–Kier alpha value is -1.38. The van der Waals surface area contributed by atoms with Crippen molar-refractivity contribution in [1.82, 2.24) is 15.0 Å². The number of aromatic amines is 1. The zero-order chi connectivity index (χ0) is 16.4. The van der Waals surface area contributed by atoms with Crippen molar-refractivity contribution in [1.29, 1.82) is 0 Å². The second kappa shape index (κ2) is 7.02. The lowest BCUT2D eigenvalue weighted by atomic mass is 10.3. The second-order valence-electron chi connectivity index (χ2n) is 4.81. The van der Waals surface area contributed by atoms with Crippen molar-refractivity contribution in [3.63, 3.8) is 0 Å². The van der Waals surface area contributed by atoms with E-state index in [1.165, 1.54) is 11.8 Å². The molecule has 0 unspecified atom stereocenters. The molecule has 1 aromatic carbocycles. The van der Waals surface area contributed by atoms with E-state index in [0.29, 0.717) is 10.8 Å². The van der Waals surface area contributed by atoms with Crippen molar-refractivity contribution in [3.05, 3.63) is 45.0 Å². The van der Waals surface area contributed by atoms with Gasteiger partial charge >= 0.3 is 0 Å². The molecule has 2 N–H and O–H groups in total. The number of imidazole rings is 1. The normalized spacial score (nSPS) is 10.9. The molecule has 0 aliphatic carbocycles. The number of aryl methyl sites for hydroxylation is 1. The van der Waals surface area contributed by atoms with E-state index in [1.807, 2.05) is 37.3 Å². The highest BCUT2D eigenvalue weighted by molar-refractivity contribution is 9.10. The summed E-state index contributed by atoms with van der Waals surface area (Å²) in [5.74, 6) is 0.193.